The molecule has 0 spiro atoms. The average Bonchev–Trinajstić information content (AvgIpc) is 2.42. The molecule has 118 valence electrons. The molecule has 1 saturated heterocycles. The molecule has 1 atom stereocenters. The van der Waals surface area contributed by atoms with Gasteiger partial charge in [-0.2, -0.15) is 17.0 Å². The van der Waals surface area contributed by atoms with Crippen molar-refractivity contribution in [3.8, 4) is 0 Å². The van der Waals surface area contributed by atoms with E-state index in [1.165, 1.54) is 4.31 Å². The van der Waals surface area contributed by atoms with Crippen LogP contribution in [0.1, 0.15) is 33.6 Å². The van der Waals surface area contributed by atoms with Gasteiger partial charge in [0, 0.05) is 32.2 Å². The van der Waals surface area contributed by atoms with Crippen molar-refractivity contribution in [1.82, 2.24) is 13.9 Å². The maximum absolute atomic E-state index is 12.6. The second-order valence-corrected chi connectivity index (χ2v) is 7.60. The lowest BCUT2D eigenvalue weighted by molar-refractivity contribution is 0.242. The molecule has 0 saturated carbocycles. The van der Waals surface area contributed by atoms with E-state index in [2.05, 4.69) is 25.7 Å². The van der Waals surface area contributed by atoms with Crippen molar-refractivity contribution in [2.24, 2.45) is 5.92 Å². The third kappa shape index (κ3) is 4.84. The van der Waals surface area contributed by atoms with E-state index in [-0.39, 0.29) is 0 Å². The van der Waals surface area contributed by atoms with Gasteiger partial charge < -0.3 is 5.32 Å². The van der Waals surface area contributed by atoms with Crippen LogP contribution in [0.4, 0.5) is 0 Å². The Kier molecular flexibility index (Phi) is 7.15. The molecule has 0 aromatic carbocycles. The highest BCUT2D eigenvalue weighted by molar-refractivity contribution is 7.86. The van der Waals surface area contributed by atoms with Crippen molar-refractivity contribution in [3.63, 3.8) is 0 Å². The van der Waals surface area contributed by atoms with Crippen molar-refractivity contribution in [1.29, 1.82) is 0 Å². The Morgan fingerprint density at radius 1 is 1.50 bits per heavy atom. The Hall–Kier alpha value is -0.430. The Bertz CT molecular complexity index is 395. The molecule has 6 heteroatoms. The van der Waals surface area contributed by atoms with Crippen molar-refractivity contribution in [3.05, 3.63) is 12.7 Å². The van der Waals surface area contributed by atoms with E-state index in [9.17, 15) is 8.42 Å². The molecule has 1 aliphatic heterocycles. The lowest BCUT2D eigenvalue weighted by atomic mass is 9.99. The number of piperidine rings is 1. The SMILES string of the molecule is C=CCN(CC)S(=O)(=O)N1CCCC(CNC(C)C)C1. The number of nitrogens with one attached hydrogen (secondary N) is 1. The van der Waals surface area contributed by atoms with Crippen molar-refractivity contribution in [2.45, 2.75) is 39.7 Å². The molecule has 5 nitrogen and oxygen atoms in total. The molecular formula is C14H29N3O2S. The summed E-state index contributed by atoms with van der Waals surface area (Å²) in [5, 5.41) is 3.40. The molecule has 1 unspecified atom stereocenters. The number of hydrogen-bond acceptors (Lipinski definition) is 3. The molecule has 1 aliphatic rings. The van der Waals surface area contributed by atoms with Gasteiger partial charge >= 0.3 is 0 Å². The molecule has 0 aliphatic carbocycles. The Morgan fingerprint density at radius 3 is 2.75 bits per heavy atom. The van der Waals surface area contributed by atoms with Crippen LogP contribution >= 0.6 is 0 Å². The van der Waals surface area contributed by atoms with E-state index in [1.807, 2.05) is 6.92 Å². The van der Waals surface area contributed by atoms with Crippen LogP contribution in [0.3, 0.4) is 0 Å². The molecule has 1 fully saturated rings. The molecule has 0 amide bonds. The molecule has 0 aromatic rings. The standard InChI is InChI=1S/C14H29N3O2S/c1-5-9-16(6-2)20(18,19)17-10-7-8-14(12-17)11-15-13(3)4/h5,13-15H,1,6-12H2,2-4H3. The van der Waals surface area contributed by atoms with Crippen LogP contribution in [-0.2, 0) is 10.2 Å². The summed E-state index contributed by atoms with van der Waals surface area (Å²) < 4.78 is 28.3. The first-order chi connectivity index (χ1) is 9.41. The smallest absolute Gasteiger partial charge is 0.282 e. The minimum absolute atomic E-state index is 0.379. The predicted molar refractivity (Wildman–Crippen MR) is 83.8 cm³/mol. The Balaban J connectivity index is 2.67. The summed E-state index contributed by atoms with van der Waals surface area (Å²) in [6.45, 7) is 12.7. The summed E-state index contributed by atoms with van der Waals surface area (Å²) >= 11 is 0. The number of hydrogen-bond donors (Lipinski definition) is 1. The topological polar surface area (TPSA) is 52.7 Å². The highest BCUT2D eigenvalue weighted by Gasteiger charge is 2.32. The summed E-state index contributed by atoms with van der Waals surface area (Å²) in [5.41, 5.74) is 0. The molecule has 20 heavy (non-hydrogen) atoms. The van der Waals surface area contributed by atoms with Gasteiger partial charge in [-0.3, -0.25) is 0 Å². The first-order valence-electron chi connectivity index (χ1n) is 7.51. The monoisotopic (exact) mass is 303 g/mol. The maximum Gasteiger partial charge on any atom is 0.282 e. The third-order valence-corrected chi connectivity index (χ3v) is 5.68. The normalized spacial score (nSPS) is 21.6. The molecule has 0 radical (unpaired) electrons. The van der Waals surface area contributed by atoms with E-state index in [0.717, 1.165) is 19.4 Å². The van der Waals surface area contributed by atoms with Gasteiger partial charge in [-0.05, 0) is 25.3 Å². The van der Waals surface area contributed by atoms with Crippen LogP contribution < -0.4 is 5.32 Å². The Morgan fingerprint density at radius 2 is 2.20 bits per heavy atom. The van der Waals surface area contributed by atoms with E-state index in [4.69, 9.17) is 0 Å². The van der Waals surface area contributed by atoms with Gasteiger partial charge in [0.2, 0.25) is 0 Å². The molecule has 0 bridgehead atoms. The van der Waals surface area contributed by atoms with Gasteiger partial charge in [0.25, 0.3) is 10.2 Å². The van der Waals surface area contributed by atoms with Gasteiger partial charge in [-0.15, -0.1) is 6.58 Å². The van der Waals surface area contributed by atoms with Gasteiger partial charge in [-0.1, -0.05) is 26.8 Å². The highest BCUT2D eigenvalue weighted by Crippen LogP contribution is 2.20. The zero-order valence-corrected chi connectivity index (χ0v) is 13.8. The quantitative estimate of drug-likeness (QED) is 0.691. The molecule has 1 N–H and O–H groups in total. The summed E-state index contributed by atoms with van der Waals surface area (Å²) in [4.78, 5) is 0. The van der Waals surface area contributed by atoms with E-state index >= 15 is 0 Å². The van der Waals surface area contributed by atoms with Crippen LogP contribution in [0.15, 0.2) is 12.7 Å². The summed E-state index contributed by atoms with van der Waals surface area (Å²) in [7, 11) is -3.34. The van der Waals surface area contributed by atoms with E-state index in [1.54, 1.807) is 10.4 Å². The lowest BCUT2D eigenvalue weighted by Gasteiger charge is -2.35. The number of rotatable bonds is 8. The van der Waals surface area contributed by atoms with Gasteiger partial charge in [0.15, 0.2) is 0 Å². The molecule has 0 aromatic heterocycles. The fourth-order valence-corrected chi connectivity index (χ4v) is 4.20. The zero-order chi connectivity index (χ0) is 15.2. The second kappa shape index (κ2) is 8.12. The summed E-state index contributed by atoms with van der Waals surface area (Å²) in [5.74, 6) is 0.406. The first kappa shape index (κ1) is 17.6. The van der Waals surface area contributed by atoms with Crippen LogP contribution in [0.2, 0.25) is 0 Å². The van der Waals surface area contributed by atoms with Gasteiger partial charge in [-0.25, -0.2) is 0 Å². The van der Waals surface area contributed by atoms with Crippen LogP contribution in [0.5, 0.6) is 0 Å². The summed E-state index contributed by atoms with van der Waals surface area (Å²) in [6.07, 6.45) is 3.68. The third-order valence-electron chi connectivity index (χ3n) is 3.63. The first-order valence-corrected chi connectivity index (χ1v) is 8.91. The van der Waals surface area contributed by atoms with Crippen molar-refractivity contribution >= 4 is 10.2 Å². The minimum atomic E-state index is -3.34. The van der Waals surface area contributed by atoms with E-state index < -0.39 is 10.2 Å². The largest absolute Gasteiger partial charge is 0.314 e. The van der Waals surface area contributed by atoms with Crippen LogP contribution in [-0.4, -0.2) is 55.8 Å². The lowest BCUT2D eigenvalue weighted by Crippen LogP contribution is -2.49. The average molecular weight is 303 g/mol. The highest BCUT2D eigenvalue weighted by atomic mass is 32.2. The fourth-order valence-electron chi connectivity index (χ4n) is 2.50. The van der Waals surface area contributed by atoms with E-state index in [0.29, 0.717) is 38.1 Å². The van der Waals surface area contributed by atoms with Crippen LogP contribution in [0, 0.1) is 5.92 Å². The Labute approximate surface area is 124 Å². The molecule has 1 heterocycles. The fraction of sp³-hybridized carbons (Fsp3) is 0.857. The summed E-state index contributed by atoms with van der Waals surface area (Å²) in [6, 6.07) is 0.440. The minimum Gasteiger partial charge on any atom is -0.314 e. The number of nitrogens with zero attached hydrogens (tertiary/aromatic N) is 2. The predicted octanol–water partition coefficient (Wildman–Crippen LogP) is 1.45. The number of likely N-dealkylation sites (N-methyl/N-ethyl adjacent to an activating group) is 1. The molecular weight excluding hydrogens is 274 g/mol. The molecule has 1 rings (SSSR count). The second-order valence-electron chi connectivity index (χ2n) is 5.68. The van der Waals surface area contributed by atoms with Crippen molar-refractivity contribution in [2.75, 3.05) is 32.7 Å². The zero-order valence-electron chi connectivity index (χ0n) is 13.0. The van der Waals surface area contributed by atoms with Crippen molar-refractivity contribution < 1.29 is 8.42 Å². The van der Waals surface area contributed by atoms with Crippen LogP contribution in [0.25, 0.3) is 0 Å². The maximum atomic E-state index is 12.6. The van der Waals surface area contributed by atoms with Gasteiger partial charge in [0.05, 0.1) is 0 Å². The van der Waals surface area contributed by atoms with Gasteiger partial charge in [0.1, 0.15) is 0 Å².